The number of para-hydroxylation sites is 1. The molecule has 0 amide bonds. The van der Waals surface area contributed by atoms with Gasteiger partial charge < -0.3 is 4.74 Å². The summed E-state index contributed by atoms with van der Waals surface area (Å²) < 4.78 is 5.87. The van der Waals surface area contributed by atoms with E-state index in [-0.39, 0.29) is 5.41 Å². The van der Waals surface area contributed by atoms with Gasteiger partial charge >= 0.3 is 0 Å². The van der Waals surface area contributed by atoms with Gasteiger partial charge in [-0.3, -0.25) is 0 Å². The van der Waals surface area contributed by atoms with E-state index in [1.165, 1.54) is 16.7 Å². The van der Waals surface area contributed by atoms with E-state index in [2.05, 4.69) is 57.2 Å². The number of rotatable bonds is 3. The highest BCUT2D eigenvalue weighted by Gasteiger charge is 2.18. The summed E-state index contributed by atoms with van der Waals surface area (Å²) in [5.41, 5.74) is 4.36. The van der Waals surface area contributed by atoms with Gasteiger partial charge in [-0.15, -0.1) is 0 Å². The maximum Gasteiger partial charge on any atom is 0.127 e. The van der Waals surface area contributed by atoms with Crippen LogP contribution in [0.4, 0.5) is 0 Å². The van der Waals surface area contributed by atoms with Crippen LogP contribution in [0.25, 0.3) is 5.57 Å². The van der Waals surface area contributed by atoms with Gasteiger partial charge in [0, 0.05) is 0 Å². The molecule has 0 unspecified atom stereocenters. The molecule has 1 aliphatic rings. The van der Waals surface area contributed by atoms with Gasteiger partial charge in [0.05, 0.1) is 0 Å². The van der Waals surface area contributed by atoms with Crippen LogP contribution in [0.15, 0.2) is 72.3 Å². The largest absolute Gasteiger partial charge is 0.457 e. The first-order valence-corrected chi connectivity index (χ1v) is 8.27. The second-order valence-electron chi connectivity index (χ2n) is 7.06. The molecular weight excluding hydrogens is 280 g/mol. The molecule has 3 rings (SSSR count). The van der Waals surface area contributed by atoms with E-state index in [0.29, 0.717) is 0 Å². The normalized spacial score (nSPS) is 14.9. The quantitative estimate of drug-likeness (QED) is 0.618. The van der Waals surface area contributed by atoms with Crippen molar-refractivity contribution in [2.75, 3.05) is 0 Å². The third kappa shape index (κ3) is 3.92. The van der Waals surface area contributed by atoms with E-state index >= 15 is 0 Å². The van der Waals surface area contributed by atoms with Gasteiger partial charge in [-0.2, -0.15) is 0 Å². The van der Waals surface area contributed by atoms with Crippen molar-refractivity contribution in [3.05, 3.63) is 77.9 Å². The maximum absolute atomic E-state index is 5.87. The molecule has 2 aromatic rings. The van der Waals surface area contributed by atoms with E-state index in [9.17, 15) is 0 Å². The van der Waals surface area contributed by atoms with Crippen molar-refractivity contribution in [1.82, 2.24) is 0 Å². The highest BCUT2D eigenvalue weighted by atomic mass is 16.5. The lowest BCUT2D eigenvalue weighted by atomic mass is 9.80. The molecule has 23 heavy (non-hydrogen) atoms. The van der Waals surface area contributed by atoms with Crippen LogP contribution < -0.4 is 4.74 Å². The fourth-order valence-corrected chi connectivity index (χ4v) is 2.81. The summed E-state index contributed by atoms with van der Waals surface area (Å²) in [5, 5.41) is 0. The van der Waals surface area contributed by atoms with Crippen molar-refractivity contribution in [3.8, 4) is 11.5 Å². The Morgan fingerprint density at radius 1 is 0.826 bits per heavy atom. The van der Waals surface area contributed by atoms with E-state index < -0.39 is 0 Å². The van der Waals surface area contributed by atoms with Gasteiger partial charge in [0.1, 0.15) is 11.5 Å². The fourth-order valence-electron chi connectivity index (χ4n) is 2.81. The summed E-state index contributed by atoms with van der Waals surface area (Å²) in [7, 11) is 0. The van der Waals surface area contributed by atoms with Gasteiger partial charge in [0.25, 0.3) is 0 Å². The zero-order chi connectivity index (χ0) is 16.3. The Kier molecular flexibility index (Phi) is 4.38. The Morgan fingerprint density at radius 3 is 2.13 bits per heavy atom. The lowest BCUT2D eigenvalue weighted by Crippen LogP contribution is -2.10. The second-order valence-corrected chi connectivity index (χ2v) is 7.06. The van der Waals surface area contributed by atoms with Gasteiger partial charge in [0.15, 0.2) is 0 Å². The monoisotopic (exact) mass is 304 g/mol. The molecule has 118 valence electrons. The van der Waals surface area contributed by atoms with Crippen LogP contribution in [0.5, 0.6) is 11.5 Å². The minimum Gasteiger partial charge on any atom is -0.457 e. The summed E-state index contributed by atoms with van der Waals surface area (Å²) in [6, 6.07) is 18.3. The lowest BCUT2D eigenvalue weighted by Gasteiger charge is -2.25. The second kappa shape index (κ2) is 6.45. The summed E-state index contributed by atoms with van der Waals surface area (Å²) >= 11 is 0. The van der Waals surface area contributed by atoms with Crippen molar-refractivity contribution >= 4 is 5.57 Å². The molecule has 0 aliphatic heterocycles. The zero-order valence-electron chi connectivity index (χ0n) is 14.2. The molecule has 0 bridgehead atoms. The molecule has 1 aliphatic carbocycles. The standard InChI is InChI=1S/C22H24O/c1-22(2,3)19-9-7-8-18(16-19)17-12-14-21(15-13-17)23-20-10-5-4-6-11-20/h4-6,9-16H,7-8H2,1-3H3. The van der Waals surface area contributed by atoms with Gasteiger partial charge in [-0.05, 0) is 59.2 Å². The van der Waals surface area contributed by atoms with Crippen molar-refractivity contribution in [3.63, 3.8) is 0 Å². The predicted molar refractivity (Wildman–Crippen MR) is 97.7 cm³/mol. The van der Waals surface area contributed by atoms with E-state index in [0.717, 1.165) is 24.3 Å². The van der Waals surface area contributed by atoms with Crippen LogP contribution in [-0.2, 0) is 0 Å². The minimum absolute atomic E-state index is 0.210. The van der Waals surface area contributed by atoms with Crippen molar-refractivity contribution in [2.24, 2.45) is 5.41 Å². The first-order valence-electron chi connectivity index (χ1n) is 8.27. The first-order chi connectivity index (χ1) is 11.0. The maximum atomic E-state index is 5.87. The molecule has 0 radical (unpaired) electrons. The van der Waals surface area contributed by atoms with Crippen molar-refractivity contribution in [1.29, 1.82) is 0 Å². The molecular formula is C22H24O. The number of ether oxygens (including phenoxy) is 1. The Bertz CT molecular complexity index is 713. The molecule has 0 saturated carbocycles. The third-order valence-corrected chi connectivity index (χ3v) is 4.18. The molecule has 0 N–H and O–H groups in total. The van der Waals surface area contributed by atoms with Crippen LogP contribution in [-0.4, -0.2) is 0 Å². The molecule has 1 heteroatoms. The van der Waals surface area contributed by atoms with Crippen LogP contribution in [0.1, 0.15) is 39.2 Å². The smallest absolute Gasteiger partial charge is 0.127 e. The highest BCUT2D eigenvalue weighted by molar-refractivity contribution is 5.70. The average molecular weight is 304 g/mol. The van der Waals surface area contributed by atoms with E-state index in [1.807, 2.05) is 30.3 Å². The molecule has 0 heterocycles. The molecule has 2 aromatic carbocycles. The van der Waals surface area contributed by atoms with Crippen molar-refractivity contribution < 1.29 is 4.74 Å². The third-order valence-electron chi connectivity index (χ3n) is 4.18. The topological polar surface area (TPSA) is 9.23 Å². The van der Waals surface area contributed by atoms with Gasteiger partial charge in [-0.25, -0.2) is 0 Å². The molecule has 0 fully saturated rings. The SMILES string of the molecule is CC(C)(C)C1=CCCC(c2ccc(Oc3ccccc3)cc2)=C1. The zero-order valence-corrected chi connectivity index (χ0v) is 14.2. The fraction of sp³-hybridized carbons (Fsp3) is 0.273. The number of allylic oxidation sites excluding steroid dienone is 4. The van der Waals surface area contributed by atoms with Crippen LogP contribution >= 0.6 is 0 Å². The lowest BCUT2D eigenvalue weighted by molar-refractivity contribution is 0.482. The number of hydrogen-bond acceptors (Lipinski definition) is 1. The highest BCUT2D eigenvalue weighted by Crippen LogP contribution is 2.35. The number of benzene rings is 2. The van der Waals surface area contributed by atoms with Gasteiger partial charge in [-0.1, -0.05) is 63.3 Å². The van der Waals surface area contributed by atoms with Crippen LogP contribution in [0.3, 0.4) is 0 Å². The molecule has 0 aromatic heterocycles. The first kappa shape index (κ1) is 15.6. The van der Waals surface area contributed by atoms with E-state index in [4.69, 9.17) is 4.74 Å². The number of hydrogen-bond donors (Lipinski definition) is 0. The van der Waals surface area contributed by atoms with Crippen molar-refractivity contribution in [2.45, 2.75) is 33.6 Å². The molecule has 0 atom stereocenters. The Balaban J connectivity index is 1.77. The minimum atomic E-state index is 0.210. The van der Waals surface area contributed by atoms with Crippen LogP contribution in [0.2, 0.25) is 0 Å². The Labute approximate surface area is 139 Å². The summed E-state index contributed by atoms with van der Waals surface area (Å²) in [6.07, 6.45) is 6.96. The van der Waals surface area contributed by atoms with E-state index in [1.54, 1.807) is 0 Å². The summed E-state index contributed by atoms with van der Waals surface area (Å²) in [5.74, 6) is 1.75. The summed E-state index contributed by atoms with van der Waals surface area (Å²) in [4.78, 5) is 0. The molecule has 0 spiro atoms. The van der Waals surface area contributed by atoms with Gasteiger partial charge in [0.2, 0.25) is 0 Å². The van der Waals surface area contributed by atoms with Crippen LogP contribution in [0, 0.1) is 5.41 Å². The molecule has 0 saturated heterocycles. The predicted octanol–water partition coefficient (Wildman–Crippen LogP) is 6.63. The molecule has 1 nitrogen and oxygen atoms in total. The Hall–Kier alpha value is -2.28. The Morgan fingerprint density at radius 2 is 1.48 bits per heavy atom. The average Bonchev–Trinajstić information content (AvgIpc) is 2.56. The summed E-state index contributed by atoms with van der Waals surface area (Å²) in [6.45, 7) is 6.82.